The number of anilines is 1. The second-order valence-corrected chi connectivity index (χ2v) is 7.12. The molecular formula is C14H20N4O2S. The molecule has 0 aliphatic carbocycles. The van der Waals surface area contributed by atoms with Crippen LogP contribution in [0.5, 0.6) is 0 Å². The third-order valence-electron chi connectivity index (χ3n) is 3.08. The number of hydrogen-bond acceptors (Lipinski definition) is 4. The summed E-state index contributed by atoms with van der Waals surface area (Å²) in [5, 5.41) is 4.22. The molecule has 6 nitrogen and oxygen atoms in total. The molecule has 0 saturated carbocycles. The van der Waals surface area contributed by atoms with E-state index in [2.05, 4.69) is 28.7 Å². The normalized spacial score (nSPS) is 13.3. The summed E-state index contributed by atoms with van der Waals surface area (Å²) in [5.74, 6) is 0.971. The van der Waals surface area contributed by atoms with Gasteiger partial charge in [0.15, 0.2) is 0 Å². The molecular weight excluding hydrogens is 288 g/mol. The first kappa shape index (κ1) is 15.5. The van der Waals surface area contributed by atoms with Gasteiger partial charge in [0, 0.05) is 18.5 Å². The Kier molecular flexibility index (Phi) is 4.62. The van der Waals surface area contributed by atoms with Crippen LogP contribution in [0.2, 0.25) is 0 Å². The Balaban J connectivity index is 2.23. The van der Waals surface area contributed by atoms with Gasteiger partial charge in [-0.25, -0.2) is 13.1 Å². The van der Waals surface area contributed by atoms with E-state index in [0.717, 1.165) is 6.42 Å². The van der Waals surface area contributed by atoms with Crippen LogP contribution in [0, 0.1) is 5.92 Å². The quantitative estimate of drug-likeness (QED) is 0.890. The van der Waals surface area contributed by atoms with Crippen molar-refractivity contribution in [3.05, 3.63) is 36.8 Å². The highest BCUT2D eigenvalue weighted by Crippen LogP contribution is 2.22. The van der Waals surface area contributed by atoms with Crippen LogP contribution < -0.4 is 4.72 Å². The molecule has 0 bridgehead atoms. The van der Waals surface area contributed by atoms with E-state index in [4.69, 9.17) is 0 Å². The van der Waals surface area contributed by atoms with E-state index < -0.39 is 10.0 Å². The monoisotopic (exact) mass is 308 g/mol. The minimum atomic E-state index is -3.64. The first-order valence-corrected chi connectivity index (χ1v) is 8.35. The van der Waals surface area contributed by atoms with Gasteiger partial charge in [0.1, 0.15) is 10.7 Å². The van der Waals surface area contributed by atoms with Crippen molar-refractivity contribution in [1.29, 1.82) is 0 Å². The van der Waals surface area contributed by atoms with Crippen LogP contribution in [0.1, 0.15) is 33.2 Å². The molecule has 1 unspecified atom stereocenters. The molecule has 2 aromatic rings. The van der Waals surface area contributed by atoms with Crippen molar-refractivity contribution in [3.8, 4) is 0 Å². The fourth-order valence-corrected chi connectivity index (χ4v) is 3.24. The minimum Gasteiger partial charge on any atom is -0.264 e. The van der Waals surface area contributed by atoms with Gasteiger partial charge in [-0.15, -0.1) is 0 Å². The van der Waals surface area contributed by atoms with Gasteiger partial charge in [0.05, 0.1) is 12.2 Å². The standard InChI is InChI=1S/C14H20N4O2S/c1-11(2)9-12(3)18-14(6-8-16-18)17-21(19,20)13-5-4-7-15-10-13/h4-8,10-12,17H,9H2,1-3H3. The van der Waals surface area contributed by atoms with Gasteiger partial charge in [-0.2, -0.15) is 5.10 Å². The van der Waals surface area contributed by atoms with E-state index in [1.54, 1.807) is 23.0 Å². The smallest absolute Gasteiger partial charge is 0.264 e. The molecule has 2 rings (SSSR count). The Morgan fingerprint density at radius 2 is 2.00 bits per heavy atom. The molecule has 0 saturated heterocycles. The lowest BCUT2D eigenvalue weighted by Gasteiger charge is -2.18. The lowest BCUT2D eigenvalue weighted by Crippen LogP contribution is -2.19. The molecule has 0 fully saturated rings. The number of aromatic nitrogens is 3. The summed E-state index contributed by atoms with van der Waals surface area (Å²) in [6, 6.07) is 4.87. The van der Waals surface area contributed by atoms with Gasteiger partial charge in [0.2, 0.25) is 0 Å². The highest BCUT2D eigenvalue weighted by Gasteiger charge is 2.18. The fraction of sp³-hybridized carbons (Fsp3) is 0.429. The van der Waals surface area contributed by atoms with E-state index in [-0.39, 0.29) is 10.9 Å². The van der Waals surface area contributed by atoms with E-state index in [9.17, 15) is 8.42 Å². The van der Waals surface area contributed by atoms with Gasteiger partial charge in [-0.3, -0.25) is 9.71 Å². The van der Waals surface area contributed by atoms with Crippen LogP contribution in [-0.4, -0.2) is 23.2 Å². The summed E-state index contributed by atoms with van der Waals surface area (Å²) in [5.41, 5.74) is 0. The van der Waals surface area contributed by atoms with E-state index in [0.29, 0.717) is 11.7 Å². The van der Waals surface area contributed by atoms with Crippen LogP contribution in [0.15, 0.2) is 41.7 Å². The fourth-order valence-electron chi connectivity index (χ4n) is 2.23. The van der Waals surface area contributed by atoms with E-state index in [1.165, 1.54) is 18.5 Å². The summed E-state index contributed by atoms with van der Waals surface area (Å²) >= 11 is 0. The molecule has 2 heterocycles. The minimum absolute atomic E-state index is 0.117. The molecule has 1 atom stereocenters. The van der Waals surface area contributed by atoms with Crippen molar-refractivity contribution < 1.29 is 8.42 Å². The number of sulfonamides is 1. The number of nitrogens with one attached hydrogen (secondary N) is 1. The topological polar surface area (TPSA) is 76.9 Å². The van der Waals surface area contributed by atoms with Crippen molar-refractivity contribution in [3.63, 3.8) is 0 Å². The Bertz CT molecular complexity index is 680. The van der Waals surface area contributed by atoms with Crippen molar-refractivity contribution in [2.24, 2.45) is 5.92 Å². The highest BCUT2D eigenvalue weighted by atomic mass is 32.2. The van der Waals surface area contributed by atoms with E-state index in [1.807, 2.05) is 6.92 Å². The Hall–Kier alpha value is -1.89. The number of pyridine rings is 1. The van der Waals surface area contributed by atoms with Crippen LogP contribution in [0.3, 0.4) is 0 Å². The predicted molar refractivity (Wildman–Crippen MR) is 81.4 cm³/mol. The number of nitrogens with zero attached hydrogens (tertiary/aromatic N) is 3. The second-order valence-electron chi connectivity index (χ2n) is 5.43. The van der Waals surface area contributed by atoms with Crippen molar-refractivity contribution in [2.75, 3.05) is 4.72 Å². The first-order chi connectivity index (χ1) is 9.90. The van der Waals surface area contributed by atoms with Gasteiger partial charge in [-0.1, -0.05) is 13.8 Å². The zero-order valence-electron chi connectivity index (χ0n) is 12.4. The Labute approximate surface area is 125 Å². The summed E-state index contributed by atoms with van der Waals surface area (Å²) in [7, 11) is -3.64. The molecule has 0 aliphatic rings. The van der Waals surface area contributed by atoms with Crippen LogP contribution in [-0.2, 0) is 10.0 Å². The maximum absolute atomic E-state index is 12.3. The third-order valence-corrected chi connectivity index (χ3v) is 4.42. The van der Waals surface area contributed by atoms with Crippen molar-refractivity contribution in [2.45, 2.75) is 38.1 Å². The summed E-state index contributed by atoms with van der Waals surface area (Å²) < 4.78 is 28.9. The maximum atomic E-state index is 12.3. The second kappa shape index (κ2) is 6.26. The molecule has 0 aromatic carbocycles. The molecule has 114 valence electrons. The van der Waals surface area contributed by atoms with Gasteiger partial charge >= 0.3 is 0 Å². The number of rotatable bonds is 6. The predicted octanol–water partition coefficient (Wildman–Crippen LogP) is 2.69. The van der Waals surface area contributed by atoms with Gasteiger partial charge < -0.3 is 0 Å². The Morgan fingerprint density at radius 1 is 1.24 bits per heavy atom. The van der Waals surface area contributed by atoms with Gasteiger partial charge in [0.25, 0.3) is 10.0 Å². The van der Waals surface area contributed by atoms with Gasteiger partial charge in [-0.05, 0) is 31.4 Å². The molecule has 1 N–H and O–H groups in total. The van der Waals surface area contributed by atoms with Crippen molar-refractivity contribution in [1.82, 2.24) is 14.8 Å². The van der Waals surface area contributed by atoms with E-state index >= 15 is 0 Å². The average Bonchev–Trinajstić information content (AvgIpc) is 2.86. The average molecular weight is 308 g/mol. The molecule has 0 radical (unpaired) electrons. The first-order valence-electron chi connectivity index (χ1n) is 6.86. The maximum Gasteiger partial charge on any atom is 0.264 e. The molecule has 2 aromatic heterocycles. The lowest BCUT2D eigenvalue weighted by atomic mass is 10.1. The largest absolute Gasteiger partial charge is 0.264 e. The highest BCUT2D eigenvalue weighted by molar-refractivity contribution is 7.92. The molecule has 0 spiro atoms. The number of hydrogen-bond donors (Lipinski definition) is 1. The third kappa shape index (κ3) is 3.81. The molecule has 7 heteroatoms. The Morgan fingerprint density at radius 3 is 2.62 bits per heavy atom. The molecule has 0 amide bonds. The van der Waals surface area contributed by atoms with Crippen molar-refractivity contribution >= 4 is 15.8 Å². The lowest BCUT2D eigenvalue weighted by molar-refractivity contribution is 0.402. The van der Waals surface area contributed by atoms with Crippen LogP contribution in [0.4, 0.5) is 5.82 Å². The molecule has 0 aliphatic heterocycles. The summed E-state index contributed by atoms with van der Waals surface area (Å²) in [6.45, 7) is 6.27. The summed E-state index contributed by atoms with van der Waals surface area (Å²) in [4.78, 5) is 3.97. The van der Waals surface area contributed by atoms with Crippen LogP contribution in [0.25, 0.3) is 0 Å². The summed E-state index contributed by atoms with van der Waals surface area (Å²) in [6.07, 6.45) is 5.37. The molecule has 21 heavy (non-hydrogen) atoms. The SMILES string of the molecule is CC(C)CC(C)n1nccc1NS(=O)(=O)c1cccnc1. The zero-order valence-corrected chi connectivity index (χ0v) is 13.2. The van der Waals surface area contributed by atoms with Crippen LogP contribution >= 0.6 is 0 Å². The zero-order chi connectivity index (χ0) is 15.5.